The summed E-state index contributed by atoms with van der Waals surface area (Å²) < 4.78 is 32.1. The lowest BCUT2D eigenvalue weighted by molar-refractivity contribution is -0.129. The number of likely N-dealkylation sites (N-methyl/N-ethyl adjacent to an activating group) is 1. The maximum Gasteiger partial charge on any atom is 0.280 e. The average Bonchev–Trinajstić information content (AvgIpc) is 3.37. The summed E-state index contributed by atoms with van der Waals surface area (Å²) in [6.07, 6.45) is -2.10. The first-order valence-electron chi connectivity index (χ1n) is 9.25. The van der Waals surface area contributed by atoms with Gasteiger partial charge in [0.2, 0.25) is 5.54 Å². The molecule has 1 aromatic heterocycles. The van der Waals surface area contributed by atoms with Crippen LogP contribution >= 0.6 is 0 Å². The molecule has 0 aliphatic carbocycles. The van der Waals surface area contributed by atoms with Crippen LogP contribution in [0.25, 0.3) is 0 Å². The number of nitrogens with two attached hydrogens (primary N) is 1. The van der Waals surface area contributed by atoms with Crippen LogP contribution in [0.3, 0.4) is 0 Å². The summed E-state index contributed by atoms with van der Waals surface area (Å²) in [6.45, 7) is 0.692. The molecular weight excluding hydrogens is 394 g/mol. The van der Waals surface area contributed by atoms with Gasteiger partial charge in [-0.05, 0) is 35.9 Å². The molecule has 3 N–H and O–H groups in total. The predicted octanol–water partition coefficient (Wildman–Crippen LogP) is 1.76. The van der Waals surface area contributed by atoms with Crippen molar-refractivity contribution in [1.29, 1.82) is 0 Å². The summed E-state index contributed by atoms with van der Waals surface area (Å²) >= 11 is 0. The third kappa shape index (κ3) is 3.04. The van der Waals surface area contributed by atoms with Crippen molar-refractivity contribution in [1.82, 2.24) is 15.3 Å². The summed E-state index contributed by atoms with van der Waals surface area (Å²) in [7, 11) is 2.98. The Kier molecular flexibility index (Phi) is 4.84. The molecular formula is C20H20F2N6O2. The average molecular weight is 414 g/mol. The van der Waals surface area contributed by atoms with Crippen molar-refractivity contribution in [2.24, 2.45) is 15.8 Å². The molecule has 2 aliphatic heterocycles. The molecule has 0 spiro atoms. The Morgan fingerprint density at radius 2 is 2.10 bits per heavy atom. The Hall–Kier alpha value is -3.56. The number of guanidine groups is 1. The molecule has 3 heterocycles. The Labute approximate surface area is 171 Å². The van der Waals surface area contributed by atoms with Gasteiger partial charge in [0.05, 0.1) is 18.5 Å². The second-order valence-corrected chi connectivity index (χ2v) is 6.96. The van der Waals surface area contributed by atoms with Gasteiger partial charge in [0, 0.05) is 25.6 Å². The van der Waals surface area contributed by atoms with E-state index >= 15 is 0 Å². The maximum absolute atomic E-state index is 13.4. The van der Waals surface area contributed by atoms with E-state index in [2.05, 4.69) is 20.5 Å². The number of amides is 1. The molecule has 2 aromatic rings. The first kappa shape index (κ1) is 19.7. The molecule has 2 aliphatic rings. The Balaban J connectivity index is 1.98. The molecule has 4 rings (SSSR count). The topological polar surface area (TPSA) is 105 Å². The van der Waals surface area contributed by atoms with Crippen LogP contribution < -0.4 is 15.9 Å². The normalized spacial score (nSPS) is 21.0. The highest BCUT2D eigenvalue weighted by Crippen LogP contribution is 2.40. The van der Waals surface area contributed by atoms with Gasteiger partial charge in [-0.2, -0.15) is 5.10 Å². The molecule has 156 valence electrons. The lowest BCUT2D eigenvalue weighted by atomic mass is 9.84. The predicted molar refractivity (Wildman–Crippen MR) is 107 cm³/mol. The highest BCUT2D eigenvalue weighted by molar-refractivity contribution is 6.09. The first-order valence-corrected chi connectivity index (χ1v) is 9.25. The smallest absolute Gasteiger partial charge is 0.280 e. The van der Waals surface area contributed by atoms with E-state index in [4.69, 9.17) is 10.5 Å². The number of benzene rings is 1. The molecule has 0 fully saturated rings. The lowest BCUT2D eigenvalue weighted by Gasteiger charge is -2.26. The summed E-state index contributed by atoms with van der Waals surface area (Å²) in [5.41, 5.74) is 8.70. The number of carbonyl (C=O) groups excluding carboxylic acids is 1. The molecule has 1 atom stereocenters. The largest absolute Gasteiger partial charge is 0.497 e. The maximum atomic E-state index is 13.4. The van der Waals surface area contributed by atoms with Gasteiger partial charge in [-0.25, -0.2) is 18.8 Å². The van der Waals surface area contributed by atoms with Crippen molar-refractivity contribution in [3.8, 4) is 5.75 Å². The zero-order valence-corrected chi connectivity index (χ0v) is 16.4. The monoisotopic (exact) mass is 414 g/mol. The highest BCUT2D eigenvalue weighted by atomic mass is 19.3. The van der Waals surface area contributed by atoms with Crippen LogP contribution in [0.1, 0.15) is 35.4 Å². The highest BCUT2D eigenvalue weighted by Gasteiger charge is 2.51. The summed E-state index contributed by atoms with van der Waals surface area (Å²) in [5.74, 6) is -0.0595. The number of aliphatic imine (C=N–C) groups is 1. The number of ether oxygens (including phenoxy) is 1. The molecule has 0 saturated carbocycles. The van der Waals surface area contributed by atoms with Crippen LogP contribution in [0, 0.1) is 0 Å². The van der Waals surface area contributed by atoms with Gasteiger partial charge in [-0.1, -0.05) is 6.07 Å². The third-order valence-electron chi connectivity index (χ3n) is 5.19. The van der Waals surface area contributed by atoms with Gasteiger partial charge < -0.3 is 15.9 Å². The fourth-order valence-electron chi connectivity index (χ4n) is 3.60. The minimum Gasteiger partial charge on any atom is -0.497 e. The van der Waals surface area contributed by atoms with E-state index in [1.807, 2.05) is 0 Å². The van der Waals surface area contributed by atoms with Crippen LogP contribution in [-0.4, -0.2) is 48.2 Å². The SMILES string of the molecule is COc1cc(C2=NNCC2)cc(C2(c3cccc(C(F)F)n3)N=C(N)N(C)C2=O)c1. The van der Waals surface area contributed by atoms with Crippen LogP contribution in [0.2, 0.25) is 0 Å². The van der Waals surface area contributed by atoms with Crippen molar-refractivity contribution < 1.29 is 18.3 Å². The number of nitrogens with one attached hydrogen (secondary N) is 1. The van der Waals surface area contributed by atoms with Crippen molar-refractivity contribution in [3.05, 3.63) is 58.9 Å². The molecule has 1 amide bonds. The van der Waals surface area contributed by atoms with Gasteiger partial charge in [-0.3, -0.25) is 9.69 Å². The number of pyridine rings is 1. The van der Waals surface area contributed by atoms with E-state index in [0.29, 0.717) is 24.3 Å². The van der Waals surface area contributed by atoms with E-state index in [1.54, 1.807) is 18.2 Å². The molecule has 8 nitrogen and oxygen atoms in total. The number of rotatable bonds is 5. The molecule has 1 aromatic carbocycles. The fraction of sp³-hybridized carbons (Fsp3) is 0.300. The lowest BCUT2D eigenvalue weighted by Crippen LogP contribution is -2.41. The number of halogens is 2. The van der Waals surface area contributed by atoms with E-state index < -0.39 is 23.6 Å². The van der Waals surface area contributed by atoms with Gasteiger partial charge >= 0.3 is 0 Å². The Morgan fingerprint density at radius 1 is 1.30 bits per heavy atom. The number of hydrazone groups is 1. The minimum absolute atomic E-state index is 0.0338. The number of nitrogens with zero attached hydrogens (tertiary/aromatic N) is 4. The second kappa shape index (κ2) is 7.36. The third-order valence-corrected chi connectivity index (χ3v) is 5.19. The molecule has 0 saturated heterocycles. The van der Waals surface area contributed by atoms with Crippen LogP contribution in [0.5, 0.6) is 5.75 Å². The van der Waals surface area contributed by atoms with E-state index in [1.165, 1.54) is 37.3 Å². The van der Waals surface area contributed by atoms with E-state index in [0.717, 1.165) is 11.3 Å². The second-order valence-electron chi connectivity index (χ2n) is 6.96. The van der Waals surface area contributed by atoms with Crippen molar-refractivity contribution >= 4 is 17.6 Å². The van der Waals surface area contributed by atoms with Gasteiger partial charge in [0.1, 0.15) is 11.4 Å². The number of alkyl halides is 2. The van der Waals surface area contributed by atoms with Crippen LogP contribution in [-0.2, 0) is 10.3 Å². The molecule has 0 bridgehead atoms. The van der Waals surface area contributed by atoms with Crippen molar-refractivity contribution in [2.45, 2.75) is 18.4 Å². The van der Waals surface area contributed by atoms with E-state index in [9.17, 15) is 13.6 Å². The number of methoxy groups -OCH3 is 1. The summed E-state index contributed by atoms with van der Waals surface area (Å²) in [5, 5.41) is 4.27. The van der Waals surface area contributed by atoms with Crippen molar-refractivity contribution in [2.75, 3.05) is 20.7 Å². The quantitative estimate of drug-likeness (QED) is 0.776. The number of aromatic nitrogens is 1. The van der Waals surface area contributed by atoms with Gasteiger partial charge in [0.25, 0.3) is 12.3 Å². The van der Waals surface area contributed by atoms with Crippen LogP contribution in [0.4, 0.5) is 8.78 Å². The Morgan fingerprint density at radius 3 is 2.70 bits per heavy atom. The molecule has 30 heavy (non-hydrogen) atoms. The molecule has 1 unspecified atom stereocenters. The number of hydrogen-bond acceptors (Lipinski definition) is 7. The fourth-order valence-corrected chi connectivity index (χ4v) is 3.60. The van der Waals surface area contributed by atoms with Gasteiger partial charge in [-0.15, -0.1) is 0 Å². The van der Waals surface area contributed by atoms with E-state index in [-0.39, 0.29) is 11.7 Å². The van der Waals surface area contributed by atoms with Crippen LogP contribution in [0.15, 0.2) is 46.5 Å². The minimum atomic E-state index is -2.79. The summed E-state index contributed by atoms with van der Waals surface area (Å²) in [6, 6.07) is 9.30. The van der Waals surface area contributed by atoms with Gasteiger partial charge in [0.15, 0.2) is 5.96 Å². The standard InChI is InChI=1S/C20H20F2N6O2/c1-28-18(29)20(26-19(28)23,16-5-3-4-15(25-16)17(21)22)12-8-11(9-13(10-12)30-2)14-6-7-24-27-14/h3-5,8-10,17,24H,6-7H2,1-2H3,(H2,23,26). The molecule has 0 radical (unpaired) electrons. The summed E-state index contributed by atoms with van der Waals surface area (Å²) in [4.78, 5) is 23.0. The zero-order chi connectivity index (χ0) is 21.5. The Bertz CT molecular complexity index is 1070. The van der Waals surface area contributed by atoms with Crippen molar-refractivity contribution in [3.63, 3.8) is 0 Å². The zero-order valence-electron chi connectivity index (χ0n) is 16.4. The number of hydrogen-bond donors (Lipinski definition) is 2. The number of carbonyl (C=O) groups is 1. The first-order chi connectivity index (χ1) is 14.4. The molecule has 10 heteroatoms.